The number of nitrogens with zero attached hydrogens (tertiary/aromatic N) is 4. The van der Waals surface area contributed by atoms with Crippen molar-refractivity contribution >= 4 is 11.5 Å². The number of phenols is 1. The summed E-state index contributed by atoms with van der Waals surface area (Å²) in [6.45, 7) is 3.45. The van der Waals surface area contributed by atoms with Gasteiger partial charge >= 0.3 is 0 Å². The number of fused-ring (bicyclic) bond motifs is 1. The second-order valence-corrected chi connectivity index (χ2v) is 6.17. The summed E-state index contributed by atoms with van der Waals surface area (Å²) < 4.78 is 2.03. The van der Waals surface area contributed by atoms with Gasteiger partial charge in [0.15, 0.2) is 11.5 Å². The second kappa shape index (κ2) is 5.79. The lowest BCUT2D eigenvalue weighted by Crippen LogP contribution is -2.23. The van der Waals surface area contributed by atoms with Crippen molar-refractivity contribution < 1.29 is 10.2 Å². The fourth-order valence-electron chi connectivity index (χ4n) is 3.38. The van der Waals surface area contributed by atoms with E-state index in [4.69, 9.17) is 0 Å². The number of rotatable bonds is 3. The Labute approximate surface area is 140 Å². The summed E-state index contributed by atoms with van der Waals surface area (Å²) in [7, 11) is 0. The first-order chi connectivity index (χ1) is 11.7. The summed E-state index contributed by atoms with van der Waals surface area (Å²) in [4.78, 5) is 11.1. The van der Waals surface area contributed by atoms with Crippen molar-refractivity contribution in [1.29, 1.82) is 0 Å². The highest BCUT2D eigenvalue weighted by Gasteiger charge is 2.24. The fraction of sp³-hybridized carbons (Fsp3) is 0.333. The van der Waals surface area contributed by atoms with Crippen molar-refractivity contribution in [3.8, 4) is 17.0 Å². The average Bonchev–Trinajstić information content (AvgIpc) is 3.21. The van der Waals surface area contributed by atoms with Crippen molar-refractivity contribution in [1.82, 2.24) is 14.4 Å². The molecule has 4 rings (SSSR count). The Hall–Kier alpha value is -2.60. The van der Waals surface area contributed by atoms with Crippen LogP contribution >= 0.6 is 0 Å². The van der Waals surface area contributed by atoms with Crippen LogP contribution in [0.15, 0.2) is 36.8 Å². The van der Waals surface area contributed by atoms with Crippen LogP contribution in [0.5, 0.6) is 5.75 Å². The Morgan fingerprint density at radius 1 is 1.29 bits per heavy atom. The SMILES string of the molecule is CCc1cc(O)ccc1-c1cnc2c(N3CCC(O)C3)nccn12. The number of phenolic OH excluding ortho intramolecular Hbond substituents is 1. The first-order valence-electron chi connectivity index (χ1n) is 8.24. The predicted octanol–water partition coefficient (Wildman–Crippen LogP) is 2.24. The summed E-state index contributed by atoms with van der Waals surface area (Å²) in [5.41, 5.74) is 3.90. The number of hydrogen-bond donors (Lipinski definition) is 2. The summed E-state index contributed by atoms with van der Waals surface area (Å²) >= 11 is 0. The zero-order chi connectivity index (χ0) is 16.7. The van der Waals surface area contributed by atoms with Gasteiger partial charge in [0.05, 0.1) is 18.0 Å². The first kappa shape index (κ1) is 15.0. The number of hydrogen-bond acceptors (Lipinski definition) is 5. The summed E-state index contributed by atoms with van der Waals surface area (Å²) in [6.07, 6.45) is 6.80. The van der Waals surface area contributed by atoms with Crippen molar-refractivity contribution in [3.63, 3.8) is 0 Å². The molecule has 6 nitrogen and oxygen atoms in total. The number of aromatic nitrogens is 3. The van der Waals surface area contributed by atoms with E-state index in [1.807, 2.05) is 22.9 Å². The van der Waals surface area contributed by atoms with Crippen molar-refractivity contribution in [2.45, 2.75) is 25.9 Å². The second-order valence-electron chi connectivity index (χ2n) is 6.17. The molecule has 3 heterocycles. The van der Waals surface area contributed by atoms with Gasteiger partial charge in [-0.05, 0) is 36.6 Å². The Balaban J connectivity index is 1.84. The average molecular weight is 324 g/mol. The molecule has 1 unspecified atom stereocenters. The zero-order valence-corrected chi connectivity index (χ0v) is 13.6. The maximum atomic E-state index is 9.79. The largest absolute Gasteiger partial charge is 0.508 e. The number of aliphatic hydroxyl groups excluding tert-OH is 1. The predicted molar refractivity (Wildman–Crippen MR) is 92.3 cm³/mol. The molecule has 124 valence electrons. The Morgan fingerprint density at radius 3 is 2.92 bits per heavy atom. The van der Waals surface area contributed by atoms with Gasteiger partial charge in [-0.3, -0.25) is 4.40 Å². The number of anilines is 1. The molecule has 0 saturated carbocycles. The molecule has 1 fully saturated rings. The zero-order valence-electron chi connectivity index (χ0n) is 13.6. The van der Waals surface area contributed by atoms with E-state index in [2.05, 4.69) is 21.8 Å². The van der Waals surface area contributed by atoms with Gasteiger partial charge in [0.2, 0.25) is 0 Å². The van der Waals surface area contributed by atoms with E-state index in [0.29, 0.717) is 6.54 Å². The molecule has 6 heteroatoms. The fourth-order valence-corrected chi connectivity index (χ4v) is 3.38. The number of benzene rings is 1. The molecule has 0 aliphatic carbocycles. The van der Waals surface area contributed by atoms with Crippen molar-refractivity contribution in [2.75, 3.05) is 18.0 Å². The standard InChI is InChI=1S/C18H20N4O2/c1-2-12-9-13(23)3-4-15(12)16-10-20-18-17(19-6-8-22(16)18)21-7-5-14(24)11-21/h3-4,6,8-10,14,23-24H,2,5,7,11H2,1H3. The highest BCUT2D eigenvalue weighted by molar-refractivity contribution is 5.73. The molecule has 0 radical (unpaired) electrons. The minimum absolute atomic E-state index is 0.276. The van der Waals surface area contributed by atoms with Gasteiger partial charge in [-0.1, -0.05) is 6.92 Å². The van der Waals surface area contributed by atoms with Gasteiger partial charge in [-0.15, -0.1) is 0 Å². The minimum Gasteiger partial charge on any atom is -0.508 e. The van der Waals surface area contributed by atoms with Crippen LogP contribution in [0, 0.1) is 0 Å². The van der Waals surface area contributed by atoms with Gasteiger partial charge < -0.3 is 15.1 Å². The highest BCUT2D eigenvalue weighted by atomic mass is 16.3. The maximum Gasteiger partial charge on any atom is 0.180 e. The first-order valence-corrected chi connectivity index (χ1v) is 8.24. The highest BCUT2D eigenvalue weighted by Crippen LogP contribution is 2.30. The number of aliphatic hydroxyl groups is 1. The molecule has 2 aromatic heterocycles. The number of imidazole rings is 1. The van der Waals surface area contributed by atoms with Gasteiger partial charge in [0.1, 0.15) is 5.75 Å². The lowest BCUT2D eigenvalue weighted by Gasteiger charge is -2.17. The Morgan fingerprint density at radius 2 is 2.17 bits per heavy atom. The molecule has 1 aromatic carbocycles. The number of aromatic hydroxyl groups is 1. The Kier molecular flexibility index (Phi) is 3.61. The molecule has 1 aliphatic heterocycles. The molecule has 1 atom stereocenters. The van der Waals surface area contributed by atoms with Crippen molar-refractivity contribution in [3.05, 3.63) is 42.4 Å². The third-order valence-corrected chi connectivity index (χ3v) is 4.62. The van der Waals surface area contributed by atoms with E-state index in [-0.39, 0.29) is 11.9 Å². The normalized spacial score (nSPS) is 17.8. The smallest absolute Gasteiger partial charge is 0.180 e. The molecule has 0 spiro atoms. The van der Waals surface area contributed by atoms with E-state index in [0.717, 1.165) is 47.7 Å². The third kappa shape index (κ3) is 2.39. The van der Waals surface area contributed by atoms with Gasteiger partial charge in [0.25, 0.3) is 0 Å². The van der Waals surface area contributed by atoms with Crippen LogP contribution in [0.4, 0.5) is 5.82 Å². The minimum atomic E-state index is -0.301. The number of β-amino-alcohol motifs (C(OH)–C–C–N with tert-alkyl or cyclic N) is 1. The lowest BCUT2D eigenvalue weighted by atomic mass is 10.0. The molecular formula is C18H20N4O2. The van der Waals surface area contributed by atoms with Crippen LogP contribution in [0.2, 0.25) is 0 Å². The van der Waals surface area contributed by atoms with Crippen molar-refractivity contribution in [2.24, 2.45) is 0 Å². The topological polar surface area (TPSA) is 73.9 Å². The molecular weight excluding hydrogens is 304 g/mol. The van der Waals surface area contributed by atoms with Gasteiger partial charge in [-0.25, -0.2) is 9.97 Å². The summed E-state index contributed by atoms with van der Waals surface area (Å²) in [6, 6.07) is 5.43. The molecule has 24 heavy (non-hydrogen) atoms. The van der Waals surface area contributed by atoms with Gasteiger partial charge in [0, 0.05) is 31.0 Å². The van der Waals surface area contributed by atoms with E-state index in [1.54, 1.807) is 18.3 Å². The quantitative estimate of drug-likeness (QED) is 0.773. The Bertz CT molecular complexity index is 890. The van der Waals surface area contributed by atoms with Crippen LogP contribution in [0.3, 0.4) is 0 Å². The summed E-state index contributed by atoms with van der Waals surface area (Å²) in [5, 5.41) is 19.5. The molecule has 0 bridgehead atoms. The van der Waals surface area contributed by atoms with Crippen LogP contribution < -0.4 is 4.90 Å². The van der Waals surface area contributed by atoms with Gasteiger partial charge in [-0.2, -0.15) is 0 Å². The molecule has 0 amide bonds. The monoisotopic (exact) mass is 324 g/mol. The number of aryl methyl sites for hydroxylation is 1. The van der Waals surface area contributed by atoms with Crippen LogP contribution in [-0.2, 0) is 6.42 Å². The molecule has 2 N–H and O–H groups in total. The molecule has 1 aliphatic rings. The van der Waals surface area contributed by atoms with Crippen LogP contribution in [0.1, 0.15) is 18.9 Å². The van der Waals surface area contributed by atoms with Crippen LogP contribution in [-0.4, -0.2) is 43.8 Å². The van der Waals surface area contributed by atoms with E-state index < -0.39 is 0 Å². The van der Waals surface area contributed by atoms with Crippen LogP contribution in [0.25, 0.3) is 16.9 Å². The summed E-state index contributed by atoms with van der Waals surface area (Å²) in [5.74, 6) is 1.08. The molecule has 3 aromatic rings. The van der Waals surface area contributed by atoms with E-state index >= 15 is 0 Å². The van der Waals surface area contributed by atoms with E-state index in [1.165, 1.54) is 0 Å². The lowest BCUT2D eigenvalue weighted by molar-refractivity contribution is 0.198. The maximum absolute atomic E-state index is 9.79. The molecule has 1 saturated heterocycles. The van der Waals surface area contributed by atoms with E-state index in [9.17, 15) is 10.2 Å². The third-order valence-electron chi connectivity index (χ3n) is 4.62.